The molecule has 3 aliphatic rings. The minimum absolute atomic E-state index is 0.864. The Morgan fingerprint density at radius 1 is 0.821 bits per heavy atom. The molecule has 0 saturated heterocycles. The Bertz CT molecular complexity index is 1890. The zero-order valence-electron chi connectivity index (χ0n) is 22.6. The summed E-state index contributed by atoms with van der Waals surface area (Å²) in [5.41, 5.74) is 3.73. The van der Waals surface area contributed by atoms with Crippen molar-refractivity contribution in [3.05, 3.63) is 95.7 Å². The van der Waals surface area contributed by atoms with Crippen LogP contribution in [0.1, 0.15) is 50.7 Å². The fourth-order valence-electron chi connectivity index (χ4n) is 7.10. The third kappa shape index (κ3) is 3.07. The normalized spacial score (nSPS) is 18.6. The second-order valence-corrected chi connectivity index (χ2v) is 11.2. The topological polar surface area (TPSA) is 24.7 Å². The molecule has 5 aromatic rings. The summed E-state index contributed by atoms with van der Waals surface area (Å²) >= 11 is 0. The molecule has 0 N–H and O–H groups in total. The van der Waals surface area contributed by atoms with Gasteiger partial charge in [0.05, 0.1) is 11.5 Å². The minimum atomic E-state index is -2.05. The summed E-state index contributed by atoms with van der Waals surface area (Å²) < 4.78 is 17.0. The molecule has 1 spiro atoms. The Hall–Kier alpha value is -4.12. The molecule has 0 saturated carbocycles. The Morgan fingerprint density at radius 2 is 1.54 bits per heavy atom. The van der Waals surface area contributed by atoms with Crippen LogP contribution in [0, 0.1) is 6.42 Å². The van der Waals surface area contributed by atoms with Gasteiger partial charge in [-0.25, -0.2) is 0 Å². The second-order valence-electron chi connectivity index (χ2n) is 11.2. The molecule has 1 atom stereocenters. The van der Waals surface area contributed by atoms with Gasteiger partial charge in [-0.3, -0.25) is 0 Å². The number of unbranched alkanes of at least 4 members (excludes halogenated alkanes) is 2. The molecule has 0 fully saturated rings. The van der Waals surface area contributed by atoms with E-state index in [1.807, 2.05) is 0 Å². The predicted octanol–water partition coefficient (Wildman–Crippen LogP) is 7.26. The molecule has 4 bridgehead atoms. The summed E-state index contributed by atoms with van der Waals surface area (Å²) in [5, 5.41) is 8.58. The van der Waals surface area contributed by atoms with Gasteiger partial charge in [0.25, 0.3) is 0 Å². The van der Waals surface area contributed by atoms with E-state index < -0.39 is 6.82 Å². The monoisotopic (exact) mass is 511 g/mol. The number of rotatable bonds is 6. The third-order valence-corrected chi connectivity index (χ3v) is 8.90. The molecular formula is C34H32BN2O2-. The van der Waals surface area contributed by atoms with E-state index in [4.69, 9.17) is 9.31 Å². The summed E-state index contributed by atoms with van der Waals surface area (Å²) in [6, 6.07) is 24.2. The molecular weight excluding hydrogens is 479 g/mol. The summed E-state index contributed by atoms with van der Waals surface area (Å²) in [4.78, 5) is 2.47. The van der Waals surface area contributed by atoms with Crippen molar-refractivity contribution in [1.82, 2.24) is 4.49 Å². The fraction of sp³-hybridized carbons (Fsp3) is 0.235. The smallest absolute Gasteiger partial charge is 0.603 e. The van der Waals surface area contributed by atoms with Crippen LogP contribution in [-0.2, 0) is 0 Å². The van der Waals surface area contributed by atoms with Crippen molar-refractivity contribution in [2.24, 2.45) is 0 Å². The highest BCUT2D eigenvalue weighted by Gasteiger charge is 2.57. The van der Waals surface area contributed by atoms with Crippen molar-refractivity contribution in [3.63, 3.8) is 0 Å². The number of fused-ring (bicyclic) bond motifs is 8. The van der Waals surface area contributed by atoms with Crippen LogP contribution in [0.15, 0.2) is 72.8 Å². The van der Waals surface area contributed by atoms with Crippen LogP contribution in [-0.4, -0.2) is 19.9 Å². The number of anilines is 1. The molecule has 39 heavy (non-hydrogen) atoms. The Labute approximate surface area is 229 Å². The summed E-state index contributed by atoms with van der Waals surface area (Å²) in [7, 11) is 0. The molecule has 194 valence electrons. The molecule has 0 radical (unpaired) electrons. The Balaban J connectivity index is 1.48. The lowest BCUT2D eigenvalue weighted by Gasteiger charge is -2.53. The molecule has 2 aliphatic heterocycles. The van der Waals surface area contributed by atoms with Gasteiger partial charge in [0.2, 0.25) is 0 Å². The van der Waals surface area contributed by atoms with E-state index in [-0.39, 0.29) is 0 Å². The average molecular weight is 511 g/mol. The first kappa shape index (κ1) is 22.8. The van der Waals surface area contributed by atoms with Crippen molar-refractivity contribution >= 4 is 50.9 Å². The second kappa shape index (κ2) is 8.44. The van der Waals surface area contributed by atoms with Gasteiger partial charge in [-0.05, 0) is 35.9 Å². The third-order valence-electron chi connectivity index (χ3n) is 8.90. The highest BCUT2D eigenvalue weighted by Crippen LogP contribution is 2.48. The Morgan fingerprint density at radius 3 is 2.33 bits per heavy atom. The average Bonchev–Trinajstić information content (AvgIpc) is 2.97. The van der Waals surface area contributed by atoms with Gasteiger partial charge in [0, 0.05) is 28.6 Å². The summed E-state index contributed by atoms with van der Waals surface area (Å²) in [5.74, 6) is 1.83. The first-order valence-corrected chi connectivity index (χ1v) is 14.5. The zero-order valence-corrected chi connectivity index (χ0v) is 22.6. The van der Waals surface area contributed by atoms with Crippen LogP contribution in [0.3, 0.4) is 0 Å². The molecule has 4 nitrogen and oxygen atoms in total. The van der Waals surface area contributed by atoms with Crippen LogP contribution >= 0.6 is 0 Å². The molecule has 1 unspecified atom stereocenters. The fourth-order valence-corrected chi connectivity index (χ4v) is 7.10. The van der Waals surface area contributed by atoms with Crippen molar-refractivity contribution in [2.45, 2.75) is 39.5 Å². The SMILES string of the molecule is CCCCN1c2cc(c3cccc4c3c2[CH-]C=C4)O[B-]12Oc1cc(c3cccc4cccc1c43)=[N+]2CCCC. The molecule has 1 aliphatic carbocycles. The molecule has 5 heteroatoms. The van der Waals surface area contributed by atoms with Crippen LogP contribution < -0.4 is 24.0 Å². The summed E-state index contributed by atoms with van der Waals surface area (Å²) in [6.45, 7) is 4.19. The van der Waals surface area contributed by atoms with Gasteiger partial charge in [0.1, 0.15) is 6.54 Å². The number of benzene rings is 5. The van der Waals surface area contributed by atoms with E-state index in [0.717, 1.165) is 61.0 Å². The largest absolute Gasteiger partial charge is 0.762 e. The highest BCUT2D eigenvalue weighted by molar-refractivity contribution is 6.72. The van der Waals surface area contributed by atoms with Crippen LogP contribution in [0.4, 0.5) is 5.69 Å². The minimum Gasteiger partial charge on any atom is -0.603 e. The lowest BCUT2D eigenvalue weighted by atomic mass is 9.75. The first-order chi connectivity index (χ1) is 19.2. The van der Waals surface area contributed by atoms with Crippen molar-refractivity contribution in [1.29, 1.82) is 0 Å². The predicted molar refractivity (Wildman–Crippen MR) is 163 cm³/mol. The number of hydrogen-bond acceptors (Lipinski definition) is 3. The van der Waals surface area contributed by atoms with E-state index in [1.54, 1.807) is 0 Å². The zero-order chi connectivity index (χ0) is 26.1. The molecule has 2 heterocycles. The van der Waals surface area contributed by atoms with E-state index >= 15 is 0 Å². The van der Waals surface area contributed by atoms with Gasteiger partial charge in [-0.1, -0.05) is 86.3 Å². The Kier molecular flexibility index (Phi) is 4.94. The van der Waals surface area contributed by atoms with E-state index in [2.05, 4.69) is 108 Å². The molecule has 8 rings (SSSR count). The molecule has 0 aromatic heterocycles. The van der Waals surface area contributed by atoms with Crippen molar-refractivity contribution < 1.29 is 9.31 Å². The molecule has 0 amide bonds. The lowest BCUT2D eigenvalue weighted by molar-refractivity contribution is 0.325. The standard InChI is InChI=1S/C34H32BN2O2/c1-3-5-19-36-29-21-31(27-17-9-13-23-11-7-15-25(29)33(23)27)38-35(36)37(20-6-4-2)30-22-32(39-35)28-18-10-14-24-12-8-16-26(30)34(24)28/h7-18,21-22H,3-6,19-20H2,1-2H3/q-1. The highest BCUT2D eigenvalue weighted by atomic mass is 16.6. The van der Waals surface area contributed by atoms with E-state index in [0.29, 0.717) is 0 Å². The maximum Gasteiger partial charge on any atom is 0.762 e. The van der Waals surface area contributed by atoms with E-state index in [9.17, 15) is 0 Å². The number of hydrogen-bond donors (Lipinski definition) is 0. The van der Waals surface area contributed by atoms with Gasteiger partial charge >= 0.3 is 6.82 Å². The van der Waals surface area contributed by atoms with Gasteiger partial charge < -0.3 is 18.6 Å². The maximum absolute atomic E-state index is 7.27. The molecule has 5 aromatic carbocycles. The van der Waals surface area contributed by atoms with Gasteiger partial charge in [-0.15, -0.1) is 29.7 Å². The summed E-state index contributed by atoms with van der Waals surface area (Å²) in [6.07, 6.45) is 11.0. The van der Waals surface area contributed by atoms with E-state index in [1.165, 1.54) is 43.7 Å². The van der Waals surface area contributed by atoms with Gasteiger partial charge in [-0.2, -0.15) is 0 Å². The van der Waals surface area contributed by atoms with Crippen molar-refractivity contribution in [3.8, 4) is 11.5 Å². The number of nitrogens with zero attached hydrogens (tertiary/aromatic N) is 2. The van der Waals surface area contributed by atoms with Crippen molar-refractivity contribution in [2.75, 3.05) is 17.9 Å². The van der Waals surface area contributed by atoms with Crippen LogP contribution in [0.5, 0.6) is 11.5 Å². The quantitative estimate of drug-likeness (QED) is 0.177. The lowest BCUT2D eigenvalue weighted by Crippen LogP contribution is -2.77. The van der Waals surface area contributed by atoms with Crippen LogP contribution in [0.2, 0.25) is 0 Å². The van der Waals surface area contributed by atoms with Gasteiger partial charge in [0.15, 0.2) is 5.36 Å². The van der Waals surface area contributed by atoms with Crippen LogP contribution in [0.25, 0.3) is 38.4 Å². The first-order valence-electron chi connectivity index (χ1n) is 14.5. The maximum atomic E-state index is 7.27. The number of allylic oxidation sites excluding steroid dienone is 1.